The van der Waals surface area contributed by atoms with Crippen LogP contribution in [0.25, 0.3) is 11.5 Å². The standard InChI is InChI=1S/C31H30N2O6/c1-21-28(32-29(38-21)23-10-4-2-5-11-23)15-16-37-26-14-8-9-22(18-26)17-24-19-33(20-27(24)30(34)35)31(36)39-25-12-6-3-7-13-25/h2-14,18,24,27H,15-17,19-20H2,1H3,(H,34,35)/t24-,27-/m0/s1. The van der Waals surface area contributed by atoms with Gasteiger partial charge >= 0.3 is 12.1 Å². The van der Waals surface area contributed by atoms with E-state index in [2.05, 4.69) is 4.98 Å². The number of aliphatic carboxylic acids is 1. The van der Waals surface area contributed by atoms with Crippen LogP contribution in [-0.2, 0) is 17.6 Å². The lowest BCUT2D eigenvalue weighted by atomic mass is 9.90. The third-order valence-corrected chi connectivity index (χ3v) is 6.88. The average Bonchev–Trinajstić information content (AvgIpc) is 3.54. The van der Waals surface area contributed by atoms with E-state index >= 15 is 0 Å². The number of amides is 1. The highest BCUT2D eigenvalue weighted by Gasteiger charge is 2.40. The Bertz CT molecular complexity index is 1420. The van der Waals surface area contributed by atoms with Crippen LogP contribution in [-0.4, -0.2) is 46.7 Å². The van der Waals surface area contributed by atoms with E-state index in [1.54, 1.807) is 24.3 Å². The van der Waals surface area contributed by atoms with Gasteiger partial charge in [-0.05, 0) is 61.2 Å². The summed E-state index contributed by atoms with van der Waals surface area (Å²) in [6, 6.07) is 26.2. The Kier molecular flexibility index (Phi) is 7.91. The number of carboxylic acid groups (broad SMARTS) is 1. The molecule has 3 aromatic carbocycles. The van der Waals surface area contributed by atoms with E-state index in [9.17, 15) is 14.7 Å². The first-order valence-corrected chi connectivity index (χ1v) is 12.9. The lowest BCUT2D eigenvalue weighted by Crippen LogP contribution is -2.32. The molecule has 1 aromatic heterocycles. The number of para-hydroxylation sites is 1. The number of carboxylic acids is 1. The van der Waals surface area contributed by atoms with Gasteiger partial charge in [0.25, 0.3) is 0 Å². The number of ether oxygens (including phenoxy) is 2. The Morgan fingerprint density at radius 3 is 2.44 bits per heavy atom. The molecule has 39 heavy (non-hydrogen) atoms. The molecule has 1 saturated heterocycles. The zero-order valence-electron chi connectivity index (χ0n) is 21.7. The first-order chi connectivity index (χ1) is 19.0. The minimum atomic E-state index is -0.916. The maximum absolute atomic E-state index is 12.7. The summed E-state index contributed by atoms with van der Waals surface area (Å²) in [7, 11) is 0. The second kappa shape index (κ2) is 11.9. The first kappa shape index (κ1) is 26.0. The van der Waals surface area contributed by atoms with Crippen molar-refractivity contribution in [2.75, 3.05) is 19.7 Å². The molecule has 0 spiro atoms. The van der Waals surface area contributed by atoms with E-state index in [4.69, 9.17) is 13.9 Å². The third-order valence-electron chi connectivity index (χ3n) is 6.88. The largest absolute Gasteiger partial charge is 0.493 e. The quantitative estimate of drug-likeness (QED) is 0.301. The van der Waals surface area contributed by atoms with E-state index < -0.39 is 18.0 Å². The van der Waals surface area contributed by atoms with Crippen molar-refractivity contribution in [2.24, 2.45) is 11.8 Å². The van der Waals surface area contributed by atoms with Crippen LogP contribution in [0.5, 0.6) is 11.5 Å². The summed E-state index contributed by atoms with van der Waals surface area (Å²) in [4.78, 5) is 30.7. The van der Waals surface area contributed by atoms with Crippen molar-refractivity contribution in [3.63, 3.8) is 0 Å². The van der Waals surface area contributed by atoms with Crippen molar-refractivity contribution in [2.45, 2.75) is 19.8 Å². The predicted molar refractivity (Wildman–Crippen MR) is 145 cm³/mol. The van der Waals surface area contributed by atoms with Crippen molar-refractivity contribution in [3.05, 3.63) is 102 Å². The zero-order chi connectivity index (χ0) is 27.2. The fourth-order valence-electron chi connectivity index (χ4n) is 4.86. The molecular formula is C31H30N2O6. The normalized spacial score (nSPS) is 16.7. The van der Waals surface area contributed by atoms with Gasteiger partial charge < -0.3 is 23.9 Å². The summed E-state index contributed by atoms with van der Waals surface area (Å²) >= 11 is 0. The predicted octanol–water partition coefficient (Wildman–Crippen LogP) is 5.65. The molecule has 1 aliphatic heterocycles. The van der Waals surface area contributed by atoms with Gasteiger partial charge in [0.05, 0.1) is 18.2 Å². The molecule has 8 nitrogen and oxygen atoms in total. The van der Waals surface area contributed by atoms with Crippen LogP contribution in [0.2, 0.25) is 0 Å². The van der Waals surface area contributed by atoms with Gasteiger partial charge in [-0.3, -0.25) is 4.79 Å². The lowest BCUT2D eigenvalue weighted by Gasteiger charge is -2.16. The number of hydrogen-bond donors (Lipinski definition) is 1. The van der Waals surface area contributed by atoms with Crippen LogP contribution in [0.3, 0.4) is 0 Å². The number of hydrogen-bond acceptors (Lipinski definition) is 6. The van der Waals surface area contributed by atoms with Gasteiger partial charge in [-0.15, -0.1) is 0 Å². The monoisotopic (exact) mass is 526 g/mol. The molecule has 1 N–H and O–H groups in total. The van der Waals surface area contributed by atoms with E-state index in [-0.39, 0.29) is 12.5 Å². The molecule has 4 aromatic rings. The maximum atomic E-state index is 12.7. The Morgan fingerprint density at radius 1 is 0.974 bits per heavy atom. The molecule has 2 atom stereocenters. The SMILES string of the molecule is Cc1oc(-c2ccccc2)nc1CCOc1cccc(C[C@H]2CN(C(=O)Oc3ccccc3)C[C@@H]2C(=O)O)c1. The van der Waals surface area contributed by atoms with Crippen LogP contribution in [0, 0.1) is 18.8 Å². The van der Waals surface area contributed by atoms with E-state index in [0.29, 0.717) is 43.4 Å². The number of likely N-dealkylation sites (tertiary alicyclic amines) is 1. The van der Waals surface area contributed by atoms with E-state index in [1.165, 1.54) is 4.90 Å². The number of carbonyl (C=O) groups excluding carboxylic acids is 1. The molecular weight excluding hydrogens is 496 g/mol. The number of carbonyl (C=O) groups is 2. The molecule has 0 aliphatic carbocycles. The summed E-state index contributed by atoms with van der Waals surface area (Å²) in [5.41, 5.74) is 2.73. The fourth-order valence-corrected chi connectivity index (χ4v) is 4.86. The van der Waals surface area contributed by atoms with Crippen LogP contribution < -0.4 is 9.47 Å². The second-order valence-electron chi connectivity index (χ2n) is 9.63. The van der Waals surface area contributed by atoms with Gasteiger partial charge in [0.2, 0.25) is 5.89 Å². The molecule has 0 saturated carbocycles. The summed E-state index contributed by atoms with van der Waals surface area (Å²) in [5.74, 6) is 0.656. The summed E-state index contributed by atoms with van der Waals surface area (Å²) < 4.78 is 17.3. The molecule has 8 heteroatoms. The second-order valence-corrected chi connectivity index (χ2v) is 9.63. The minimum absolute atomic E-state index is 0.115. The maximum Gasteiger partial charge on any atom is 0.415 e. The number of benzene rings is 3. The van der Waals surface area contributed by atoms with Gasteiger partial charge in [0.1, 0.15) is 17.3 Å². The molecule has 0 unspecified atom stereocenters. The van der Waals surface area contributed by atoms with Gasteiger partial charge in [-0.1, -0.05) is 48.5 Å². The van der Waals surface area contributed by atoms with Crippen molar-refractivity contribution in [1.29, 1.82) is 0 Å². The molecule has 0 bridgehead atoms. The Labute approximate surface area is 226 Å². The highest BCUT2D eigenvalue weighted by Crippen LogP contribution is 2.29. The van der Waals surface area contributed by atoms with Crippen LogP contribution >= 0.6 is 0 Å². The molecule has 200 valence electrons. The molecule has 2 heterocycles. The van der Waals surface area contributed by atoms with Crippen molar-refractivity contribution in [3.8, 4) is 23.0 Å². The smallest absolute Gasteiger partial charge is 0.415 e. The summed E-state index contributed by atoms with van der Waals surface area (Å²) in [6.45, 7) is 2.74. The minimum Gasteiger partial charge on any atom is -0.493 e. The van der Waals surface area contributed by atoms with Gasteiger partial charge in [-0.2, -0.15) is 0 Å². The number of aryl methyl sites for hydroxylation is 1. The first-order valence-electron chi connectivity index (χ1n) is 12.9. The zero-order valence-corrected chi connectivity index (χ0v) is 21.7. The summed E-state index contributed by atoms with van der Waals surface area (Å²) in [6.07, 6.45) is 0.561. The molecule has 1 amide bonds. The molecule has 1 fully saturated rings. The van der Waals surface area contributed by atoms with Crippen LogP contribution in [0.4, 0.5) is 4.79 Å². The van der Waals surface area contributed by atoms with Crippen molar-refractivity contribution in [1.82, 2.24) is 9.88 Å². The van der Waals surface area contributed by atoms with Crippen LogP contribution in [0.15, 0.2) is 89.3 Å². The summed E-state index contributed by atoms with van der Waals surface area (Å²) in [5, 5.41) is 9.81. The van der Waals surface area contributed by atoms with Crippen molar-refractivity contribution < 1.29 is 28.6 Å². The Morgan fingerprint density at radius 2 is 1.69 bits per heavy atom. The van der Waals surface area contributed by atoms with Crippen molar-refractivity contribution >= 4 is 12.1 Å². The highest BCUT2D eigenvalue weighted by atomic mass is 16.6. The average molecular weight is 527 g/mol. The van der Waals surface area contributed by atoms with Gasteiger partial charge in [0.15, 0.2) is 0 Å². The molecule has 5 rings (SSSR count). The number of aromatic nitrogens is 1. The topological polar surface area (TPSA) is 102 Å². The lowest BCUT2D eigenvalue weighted by molar-refractivity contribution is -0.142. The van der Waals surface area contributed by atoms with E-state index in [0.717, 1.165) is 22.6 Å². The van der Waals surface area contributed by atoms with Gasteiger partial charge in [0, 0.05) is 25.1 Å². The van der Waals surface area contributed by atoms with E-state index in [1.807, 2.05) is 67.6 Å². The third kappa shape index (κ3) is 6.46. The Balaban J connectivity index is 1.18. The van der Waals surface area contributed by atoms with Crippen LogP contribution in [0.1, 0.15) is 17.0 Å². The highest BCUT2D eigenvalue weighted by molar-refractivity contribution is 5.75. The Hall–Kier alpha value is -4.59. The van der Waals surface area contributed by atoms with Gasteiger partial charge in [-0.25, -0.2) is 9.78 Å². The number of oxazole rings is 1. The molecule has 1 aliphatic rings. The molecule has 0 radical (unpaired) electrons. The number of nitrogens with zero attached hydrogens (tertiary/aromatic N) is 2. The fraction of sp³-hybridized carbons (Fsp3) is 0.258. The number of rotatable bonds is 9.